The molecule has 1 aliphatic rings. The van der Waals surface area contributed by atoms with Crippen LogP contribution in [0.3, 0.4) is 0 Å². The summed E-state index contributed by atoms with van der Waals surface area (Å²) in [5.74, 6) is 0.465. The summed E-state index contributed by atoms with van der Waals surface area (Å²) < 4.78 is 13.6. The summed E-state index contributed by atoms with van der Waals surface area (Å²) in [5, 5.41) is 0.805. The number of halogens is 2. The highest BCUT2D eigenvalue weighted by molar-refractivity contribution is 7.98. The monoisotopic (exact) mass is 646 g/mol. The van der Waals surface area contributed by atoms with Crippen molar-refractivity contribution in [3.05, 3.63) is 137 Å². The van der Waals surface area contributed by atoms with E-state index in [0.29, 0.717) is 47.7 Å². The molecule has 0 fully saturated rings. The number of aromatic nitrogens is 1. The number of carbonyl (C=O) groups excluding carboxylic acids is 1. The van der Waals surface area contributed by atoms with E-state index in [4.69, 9.17) is 37.3 Å². The Bertz CT molecular complexity index is 2040. The molecule has 0 N–H and O–H groups in total. The molecule has 0 saturated heterocycles. The second-order valence-electron chi connectivity index (χ2n) is 9.51. The van der Waals surface area contributed by atoms with E-state index in [0.717, 1.165) is 16.0 Å². The first-order valence-corrected chi connectivity index (χ1v) is 16.2. The van der Waals surface area contributed by atoms with Gasteiger partial charge in [-0.15, -0.1) is 11.8 Å². The number of nitrogens with zero attached hydrogens (tertiary/aromatic N) is 2. The number of thiazole rings is 1. The van der Waals surface area contributed by atoms with Crippen molar-refractivity contribution in [3.63, 3.8) is 0 Å². The Morgan fingerprint density at radius 1 is 1.05 bits per heavy atom. The zero-order chi connectivity index (χ0) is 30.1. The van der Waals surface area contributed by atoms with Crippen molar-refractivity contribution < 1.29 is 13.9 Å². The Morgan fingerprint density at radius 3 is 2.53 bits per heavy atom. The van der Waals surface area contributed by atoms with Crippen LogP contribution in [0.15, 0.2) is 110 Å². The van der Waals surface area contributed by atoms with Gasteiger partial charge in [-0.25, -0.2) is 9.79 Å². The number of rotatable bonds is 7. The number of thioether (sulfide) groups is 1. The van der Waals surface area contributed by atoms with E-state index in [2.05, 4.69) is 0 Å². The van der Waals surface area contributed by atoms with Gasteiger partial charge in [-0.05, 0) is 55.1 Å². The fraction of sp³-hybridized carbons (Fsp3) is 0.121. The molecule has 216 valence electrons. The Labute approximate surface area is 265 Å². The fourth-order valence-corrected chi connectivity index (χ4v) is 6.72. The molecule has 1 aliphatic heterocycles. The lowest BCUT2D eigenvalue weighted by molar-refractivity contribution is -0.138. The van der Waals surface area contributed by atoms with Crippen LogP contribution in [-0.2, 0) is 9.53 Å². The number of benzene rings is 3. The largest absolute Gasteiger partial charge is 0.463 e. The Hall–Kier alpha value is -3.82. The Kier molecular flexibility index (Phi) is 8.45. The van der Waals surface area contributed by atoms with Crippen LogP contribution in [0.2, 0.25) is 10.0 Å². The maximum atomic E-state index is 14.1. The van der Waals surface area contributed by atoms with E-state index in [-0.39, 0.29) is 12.2 Å². The van der Waals surface area contributed by atoms with E-state index in [9.17, 15) is 9.59 Å². The quantitative estimate of drug-likeness (QED) is 0.138. The van der Waals surface area contributed by atoms with Crippen LogP contribution in [0.25, 0.3) is 23.1 Å². The maximum Gasteiger partial charge on any atom is 0.338 e. The van der Waals surface area contributed by atoms with E-state index < -0.39 is 12.0 Å². The van der Waals surface area contributed by atoms with E-state index in [1.54, 1.807) is 53.6 Å². The molecule has 3 heterocycles. The third kappa shape index (κ3) is 5.63. The molecule has 0 amide bonds. The molecular weight excluding hydrogens is 623 g/mol. The number of carbonyl (C=O) groups is 1. The van der Waals surface area contributed by atoms with Gasteiger partial charge < -0.3 is 9.15 Å². The number of furan rings is 1. The van der Waals surface area contributed by atoms with Crippen molar-refractivity contribution in [3.8, 4) is 11.3 Å². The summed E-state index contributed by atoms with van der Waals surface area (Å²) in [6.07, 6.45) is 3.67. The van der Waals surface area contributed by atoms with Gasteiger partial charge in [0.15, 0.2) is 4.80 Å². The maximum absolute atomic E-state index is 14.1. The third-order valence-corrected chi connectivity index (χ3v) is 9.47. The van der Waals surface area contributed by atoms with Crippen LogP contribution in [0, 0.1) is 0 Å². The molecule has 6 nitrogen and oxygen atoms in total. The highest BCUT2D eigenvalue weighted by Crippen LogP contribution is 2.36. The van der Waals surface area contributed by atoms with Crippen molar-refractivity contribution in [1.82, 2.24) is 4.57 Å². The molecule has 1 unspecified atom stereocenters. The molecule has 10 heteroatoms. The van der Waals surface area contributed by atoms with Crippen molar-refractivity contribution >= 4 is 64.0 Å². The molecule has 5 aromatic rings. The number of ether oxygens (including phenoxy) is 1. The molecule has 0 spiro atoms. The minimum absolute atomic E-state index is 0.185. The number of fused-ring (bicyclic) bond motifs is 1. The van der Waals surface area contributed by atoms with Crippen LogP contribution in [0.4, 0.5) is 0 Å². The average Bonchev–Trinajstić information content (AvgIpc) is 3.62. The second-order valence-corrected chi connectivity index (χ2v) is 12.2. The molecule has 0 radical (unpaired) electrons. The van der Waals surface area contributed by atoms with Gasteiger partial charge in [-0.2, -0.15) is 0 Å². The SMILES string of the molecule is CCOC(=O)C1=C(c2ccccc2)N=c2s/c(=C\c3ccc(-c4cccc(Cl)c4Cl)o3)c(=O)n2C1c1ccc(SC)cc1. The predicted octanol–water partition coefficient (Wildman–Crippen LogP) is 7.22. The molecule has 0 saturated carbocycles. The lowest BCUT2D eigenvalue weighted by atomic mass is 9.93. The predicted molar refractivity (Wildman–Crippen MR) is 173 cm³/mol. The zero-order valence-corrected chi connectivity index (χ0v) is 26.2. The lowest BCUT2D eigenvalue weighted by Crippen LogP contribution is -2.40. The molecule has 43 heavy (non-hydrogen) atoms. The molecule has 0 bridgehead atoms. The summed E-state index contributed by atoms with van der Waals surface area (Å²) in [6, 6.07) is 25.4. The van der Waals surface area contributed by atoms with Crippen LogP contribution in [-0.4, -0.2) is 23.4 Å². The first kappa shape index (κ1) is 29.3. The molecule has 3 aromatic carbocycles. The summed E-state index contributed by atoms with van der Waals surface area (Å²) in [6.45, 7) is 1.94. The number of hydrogen-bond donors (Lipinski definition) is 0. The topological polar surface area (TPSA) is 73.8 Å². The third-order valence-electron chi connectivity index (χ3n) is 6.92. The van der Waals surface area contributed by atoms with E-state index in [1.807, 2.05) is 66.9 Å². The molecule has 1 atom stereocenters. The Balaban J connectivity index is 1.56. The lowest BCUT2D eigenvalue weighted by Gasteiger charge is -2.26. The van der Waals surface area contributed by atoms with Crippen LogP contribution in [0.5, 0.6) is 0 Å². The number of hydrogen-bond acceptors (Lipinski definition) is 7. The van der Waals surface area contributed by atoms with Gasteiger partial charge in [-0.3, -0.25) is 9.36 Å². The molecule has 6 rings (SSSR count). The van der Waals surface area contributed by atoms with Crippen LogP contribution in [0.1, 0.15) is 29.9 Å². The number of esters is 1. The molecular formula is C33H24Cl2N2O4S2. The van der Waals surface area contributed by atoms with Crippen molar-refractivity contribution in [2.24, 2.45) is 4.99 Å². The highest BCUT2D eigenvalue weighted by atomic mass is 35.5. The van der Waals surface area contributed by atoms with Crippen molar-refractivity contribution in [1.29, 1.82) is 0 Å². The Morgan fingerprint density at radius 2 is 1.81 bits per heavy atom. The van der Waals surface area contributed by atoms with Gasteiger partial charge in [-0.1, -0.05) is 83.1 Å². The van der Waals surface area contributed by atoms with Crippen molar-refractivity contribution in [2.75, 3.05) is 12.9 Å². The summed E-state index contributed by atoms with van der Waals surface area (Å²) in [4.78, 5) is 34.1. The van der Waals surface area contributed by atoms with Gasteiger partial charge in [0.25, 0.3) is 5.56 Å². The van der Waals surface area contributed by atoms with Gasteiger partial charge in [0.2, 0.25) is 0 Å². The fourth-order valence-electron chi connectivity index (χ4n) is 4.94. The van der Waals surface area contributed by atoms with Crippen LogP contribution >= 0.6 is 46.3 Å². The minimum atomic E-state index is -0.749. The highest BCUT2D eigenvalue weighted by Gasteiger charge is 2.35. The van der Waals surface area contributed by atoms with Gasteiger partial charge in [0.1, 0.15) is 11.5 Å². The van der Waals surface area contributed by atoms with Gasteiger partial charge in [0, 0.05) is 22.1 Å². The first-order chi connectivity index (χ1) is 20.9. The normalized spacial score (nSPS) is 14.9. The smallest absolute Gasteiger partial charge is 0.338 e. The van der Waals surface area contributed by atoms with Gasteiger partial charge >= 0.3 is 5.97 Å². The second kappa shape index (κ2) is 12.4. The van der Waals surface area contributed by atoms with E-state index >= 15 is 0 Å². The van der Waals surface area contributed by atoms with Gasteiger partial charge in [0.05, 0.1) is 38.5 Å². The summed E-state index contributed by atoms with van der Waals surface area (Å²) in [7, 11) is 0. The summed E-state index contributed by atoms with van der Waals surface area (Å²) >= 11 is 15.4. The minimum Gasteiger partial charge on any atom is -0.463 e. The molecule has 0 aliphatic carbocycles. The first-order valence-electron chi connectivity index (χ1n) is 13.4. The molecule has 2 aromatic heterocycles. The zero-order valence-electron chi connectivity index (χ0n) is 23.0. The van der Waals surface area contributed by atoms with Crippen LogP contribution < -0.4 is 14.9 Å². The van der Waals surface area contributed by atoms with Crippen molar-refractivity contribution in [2.45, 2.75) is 17.9 Å². The van der Waals surface area contributed by atoms with E-state index in [1.165, 1.54) is 11.3 Å². The average molecular weight is 648 g/mol. The summed E-state index contributed by atoms with van der Waals surface area (Å²) in [5.41, 5.74) is 2.66. The standard InChI is InChI=1S/C33H24Cl2N2O4S2/c1-3-40-32(39)27-29(19-8-5-4-6-9-19)36-33-37(30(27)20-12-15-22(42-2)16-13-20)31(38)26(43-33)18-21-14-17-25(41-21)23-10-7-11-24(34)28(23)35/h4-18,30H,3H2,1-2H3/b26-18-.